The number of aliphatic hydroxyl groups excluding tert-OH is 4. The number of aromatic nitrogens is 1. The second kappa shape index (κ2) is 6.80. The minimum atomic E-state index is -1.53. The molecule has 2 aliphatic rings. The van der Waals surface area contributed by atoms with E-state index in [0.29, 0.717) is 12.1 Å². The highest BCUT2D eigenvalue weighted by Crippen LogP contribution is 2.41. The average molecular weight is 386 g/mol. The van der Waals surface area contributed by atoms with E-state index in [1.807, 2.05) is 24.3 Å². The van der Waals surface area contributed by atoms with Crippen LogP contribution in [0.15, 0.2) is 30.3 Å². The SMILES string of the molecule is N#Cc1cc2c(n([C@@H]3O[C@H](CO)[C@@H](O)[C@H](O)[C@H]3O)c1=S)-c1ccccc1C2. The highest BCUT2D eigenvalue weighted by molar-refractivity contribution is 7.71. The van der Waals surface area contributed by atoms with E-state index in [1.54, 1.807) is 6.07 Å². The Morgan fingerprint density at radius 1 is 1.15 bits per heavy atom. The molecule has 2 heterocycles. The molecule has 1 aliphatic carbocycles. The molecule has 4 N–H and O–H groups in total. The summed E-state index contributed by atoms with van der Waals surface area (Å²) in [7, 11) is 0. The van der Waals surface area contributed by atoms with Crippen molar-refractivity contribution in [3.63, 3.8) is 0 Å². The number of aliphatic hydroxyl groups is 4. The largest absolute Gasteiger partial charge is 0.394 e. The van der Waals surface area contributed by atoms with Crippen molar-refractivity contribution < 1.29 is 25.2 Å². The van der Waals surface area contributed by atoms with Gasteiger partial charge < -0.3 is 29.7 Å². The third kappa shape index (κ3) is 2.72. The molecule has 4 rings (SSSR count). The molecule has 0 amide bonds. The monoisotopic (exact) mass is 386 g/mol. The standard InChI is InChI=1S/C19H18N2O5S/c20-7-11-6-10-5-9-3-1-2-4-12(9)14(10)21(19(11)27)18-17(25)16(24)15(23)13(8-22)26-18/h1-4,6,13,15-18,22-25H,5,8H2/t13-,15-,16+,17-,18-/m1/s1. The molecule has 0 spiro atoms. The van der Waals surface area contributed by atoms with Crippen molar-refractivity contribution in [2.45, 2.75) is 37.1 Å². The first-order chi connectivity index (χ1) is 13.0. The lowest BCUT2D eigenvalue weighted by atomic mass is 9.97. The van der Waals surface area contributed by atoms with Gasteiger partial charge in [0.2, 0.25) is 0 Å². The fourth-order valence-electron chi connectivity index (χ4n) is 3.86. The van der Waals surface area contributed by atoms with E-state index in [1.165, 1.54) is 4.57 Å². The molecule has 5 atom stereocenters. The Bertz CT molecular complexity index is 997. The third-order valence-corrected chi connectivity index (χ3v) is 5.62. The lowest BCUT2D eigenvalue weighted by molar-refractivity contribution is -0.251. The molecule has 1 fully saturated rings. The highest BCUT2D eigenvalue weighted by atomic mass is 32.1. The number of ether oxygens (including phenoxy) is 1. The molecule has 0 unspecified atom stereocenters. The molecule has 140 valence electrons. The van der Waals surface area contributed by atoms with Crippen LogP contribution in [0.25, 0.3) is 11.3 Å². The first kappa shape index (κ1) is 18.3. The Kier molecular flexibility index (Phi) is 4.60. The van der Waals surface area contributed by atoms with Crippen LogP contribution in [0.5, 0.6) is 0 Å². The van der Waals surface area contributed by atoms with Crippen LogP contribution in [0.1, 0.15) is 22.9 Å². The zero-order chi connectivity index (χ0) is 19.3. The number of rotatable bonds is 2. The third-order valence-electron chi connectivity index (χ3n) is 5.21. The van der Waals surface area contributed by atoms with Crippen molar-refractivity contribution in [1.82, 2.24) is 4.57 Å². The number of hydrogen-bond donors (Lipinski definition) is 4. The van der Waals surface area contributed by atoms with Gasteiger partial charge >= 0.3 is 0 Å². The van der Waals surface area contributed by atoms with E-state index >= 15 is 0 Å². The van der Waals surface area contributed by atoms with Gasteiger partial charge in [-0.3, -0.25) is 0 Å². The summed E-state index contributed by atoms with van der Waals surface area (Å²) in [4.78, 5) is 0. The van der Waals surface area contributed by atoms with Crippen LogP contribution in [0.2, 0.25) is 0 Å². The van der Waals surface area contributed by atoms with E-state index in [9.17, 15) is 25.7 Å². The van der Waals surface area contributed by atoms with Crippen molar-refractivity contribution in [3.05, 3.63) is 51.7 Å². The van der Waals surface area contributed by atoms with Gasteiger partial charge in [0.05, 0.1) is 17.9 Å². The number of benzene rings is 1. The van der Waals surface area contributed by atoms with Crippen molar-refractivity contribution >= 4 is 12.2 Å². The van der Waals surface area contributed by atoms with Crippen LogP contribution in [0.3, 0.4) is 0 Å². The number of nitrogens with zero attached hydrogens (tertiary/aromatic N) is 2. The van der Waals surface area contributed by atoms with Crippen molar-refractivity contribution in [1.29, 1.82) is 5.26 Å². The maximum atomic E-state index is 10.6. The number of fused-ring (bicyclic) bond motifs is 3. The Labute approximate surface area is 160 Å². The lowest BCUT2D eigenvalue weighted by Crippen LogP contribution is -2.56. The fourth-order valence-corrected chi connectivity index (χ4v) is 4.16. The second-order valence-corrected chi connectivity index (χ2v) is 7.16. The molecule has 0 saturated carbocycles. The van der Waals surface area contributed by atoms with Gasteiger partial charge in [-0.05, 0) is 17.2 Å². The molecule has 8 heteroatoms. The van der Waals surface area contributed by atoms with Gasteiger partial charge in [-0.25, -0.2) is 0 Å². The number of pyridine rings is 1. The molecule has 27 heavy (non-hydrogen) atoms. The Balaban J connectivity index is 1.95. The van der Waals surface area contributed by atoms with Crippen LogP contribution < -0.4 is 0 Å². The predicted molar refractivity (Wildman–Crippen MR) is 97.2 cm³/mol. The Morgan fingerprint density at radius 3 is 2.59 bits per heavy atom. The van der Waals surface area contributed by atoms with E-state index in [-0.39, 0.29) is 10.2 Å². The van der Waals surface area contributed by atoms with Gasteiger partial charge in [0.1, 0.15) is 35.1 Å². The number of hydrogen-bond acceptors (Lipinski definition) is 7. The summed E-state index contributed by atoms with van der Waals surface area (Å²) in [5.74, 6) is 0. The first-order valence-corrected chi connectivity index (χ1v) is 8.96. The maximum absolute atomic E-state index is 10.6. The van der Waals surface area contributed by atoms with Crippen molar-refractivity contribution in [2.24, 2.45) is 0 Å². The van der Waals surface area contributed by atoms with Crippen LogP contribution >= 0.6 is 12.2 Å². The van der Waals surface area contributed by atoms with Crippen molar-refractivity contribution in [3.8, 4) is 17.3 Å². The summed E-state index contributed by atoms with van der Waals surface area (Å²) in [5.41, 5.74) is 3.78. The van der Waals surface area contributed by atoms with Gasteiger partial charge in [0.15, 0.2) is 6.23 Å². The van der Waals surface area contributed by atoms with E-state index < -0.39 is 37.3 Å². The van der Waals surface area contributed by atoms with Crippen molar-refractivity contribution in [2.75, 3.05) is 6.61 Å². The summed E-state index contributed by atoms with van der Waals surface area (Å²) in [6, 6.07) is 11.5. The first-order valence-electron chi connectivity index (χ1n) is 8.55. The second-order valence-electron chi connectivity index (χ2n) is 6.77. The van der Waals surface area contributed by atoms with Gasteiger partial charge in [0.25, 0.3) is 0 Å². The van der Waals surface area contributed by atoms with Crippen LogP contribution in [0.4, 0.5) is 0 Å². The topological polar surface area (TPSA) is 119 Å². The zero-order valence-corrected chi connectivity index (χ0v) is 15.0. The summed E-state index contributed by atoms with van der Waals surface area (Å²) < 4.78 is 7.40. The van der Waals surface area contributed by atoms with Gasteiger partial charge in [-0.2, -0.15) is 5.26 Å². The van der Waals surface area contributed by atoms with Crippen LogP contribution in [0, 0.1) is 16.0 Å². The molecule has 7 nitrogen and oxygen atoms in total. The average Bonchev–Trinajstić information content (AvgIpc) is 3.05. The summed E-state index contributed by atoms with van der Waals surface area (Å²) >= 11 is 5.48. The van der Waals surface area contributed by atoms with Crippen LogP contribution in [-0.2, 0) is 11.2 Å². The predicted octanol–water partition coefficient (Wildman–Crippen LogP) is 0.633. The minimum absolute atomic E-state index is 0.164. The highest BCUT2D eigenvalue weighted by Gasteiger charge is 2.45. The quantitative estimate of drug-likeness (QED) is 0.477. The van der Waals surface area contributed by atoms with Gasteiger partial charge in [0, 0.05) is 12.0 Å². The van der Waals surface area contributed by atoms with Gasteiger partial charge in [-0.1, -0.05) is 36.5 Å². The Hall–Kier alpha value is -2.12. The summed E-state index contributed by atoms with van der Waals surface area (Å²) in [6.07, 6.45) is -6.08. The fraction of sp³-hybridized carbons (Fsp3) is 0.368. The molecule has 1 aromatic carbocycles. The number of nitriles is 1. The Morgan fingerprint density at radius 2 is 1.89 bits per heavy atom. The van der Waals surface area contributed by atoms with E-state index in [2.05, 4.69) is 6.07 Å². The van der Waals surface area contributed by atoms with E-state index in [4.69, 9.17) is 17.0 Å². The molecule has 1 saturated heterocycles. The van der Waals surface area contributed by atoms with Gasteiger partial charge in [-0.15, -0.1) is 0 Å². The summed E-state index contributed by atoms with van der Waals surface area (Å²) in [5, 5.41) is 49.8. The summed E-state index contributed by atoms with van der Waals surface area (Å²) in [6.45, 7) is -0.536. The molecular formula is C19H18N2O5S. The lowest BCUT2D eigenvalue weighted by Gasteiger charge is -2.41. The maximum Gasteiger partial charge on any atom is 0.164 e. The molecule has 1 aliphatic heterocycles. The molecule has 1 aromatic heterocycles. The smallest absolute Gasteiger partial charge is 0.164 e. The molecule has 2 aromatic rings. The molecular weight excluding hydrogens is 368 g/mol. The molecule has 0 bridgehead atoms. The minimum Gasteiger partial charge on any atom is -0.394 e. The van der Waals surface area contributed by atoms with E-state index in [0.717, 1.165) is 16.7 Å². The molecule has 0 radical (unpaired) electrons. The zero-order valence-electron chi connectivity index (χ0n) is 14.2. The van der Waals surface area contributed by atoms with Crippen LogP contribution in [-0.4, -0.2) is 56.0 Å². The normalized spacial score (nSPS) is 29.1.